The first kappa shape index (κ1) is 11.0. The Bertz CT molecular complexity index is 480. The Morgan fingerprint density at radius 3 is 3.12 bits per heavy atom. The van der Waals surface area contributed by atoms with Gasteiger partial charge in [0.1, 0.15) is 5.82 Å². The van der Waals surface area contributed by atoms with E-state index in [1.807, 2.05) is 19.9 Å². The van der Waals surface area contributed by atoms with Gasteiger partial charge in [-0.15, -0.1) is 0 Å². The number of nitrogens with one attached hydrogen (secondary N) is 2. The predicted molar refractivity (Wildman–Crippen MR) is 62.0 cm³/mol. The Morgan fingerprint density at radius 1 is 1.56 bits per heavy atom. The van der Waals surface area contributed by atoms with Gasteiger partial charge in [-0.25, -0.2) is 9.97 Å². The minimum Gasteiger partial charge on any atom is -0.395 e. The second-order valence-corrected chi connectivity index (χ2v) is 3.96. The molecule has 1 atom stereocenters. The first-order valence-corrected chi connectivity index (χ1v) is 5.35. The molecule has 0 spiro atoms. The molecule has 2 aromatic heterocycles. The maximum absolute atomic E-state index is 8.94. The number of aromatic amines is 1. The number of aryl methyl sites for hydroxylation is 1. The minimum absolute atomic E-state index is 0.0900. The number of rotatable bonds is 4. The third-order valence-electron chi connectivity index (χ3n) is 2.51. The van der Waals surface area contributed by atoms with E-state index in [4.69, 9.17) is 5.11 Å². The van der Waals surface area contributed by atoms with E-state index in [9.17, 15) is 0 Å². The number of aromatic nitrogens is 3. The molecule has 0 aromatic carbocycles. The first-order valence-electron chi connectivity index (χ1n) is 5.35. The summed E-state index contributed by atoms with van der Waals surface area (Å²) in [5, 5.41) is 12.2. The fourth-order valence-corrected chi connectivity index (χ4v) is 1.57. The zero-order valence-corrected chi connectivity index (χ0v) is 9.49. The summed E-state index contributed by atoms with van der Waals surface area (Å²) in [6, 6.07) is 2.05. The van der Waals surface area contributed by atoms with Gasteiger partial charge < -0.3 is 15.4 Å². The Balaban J connectivity index is 2.23. The van der Waals surface area contributed by atoms with Crippen molar-refractivity contribution in [3.8, 4) is 0 Å². The lowest BCUT2D eigenvalue weighted by Gasteiger charge is -2.10. The molecule has 2 heterocycles. The summed E-state index contributed by atoms with van der Waals surface area (Å²) in [5.41, 5.74) is 2.83. The van der Waals surface area contributed by atoms with Crippen LogP contribution in [0.3, 0.4) is 0 Å². The van der Waals surface area contributed by atoms with Gasteiger partial charge in [0.25, 0.3) is 0 Å². The molecule has 0 amide bonds. The number of H-pyrrole nitrogens is 1. The molecular formula is C11H16N4O. The zero-order chi connectivity index (χ0) is 11.5. The van der Waals surface area contributed by atoms with E-state index in [2.05, 4.69) is 20.3 Å². The fraction of sp³-hybridized carbons (Fsp3) is 0.455. The molecule has 0 radical (unpaired) electrons. The number of imidazole rings is 1. The van der Waals surface area contributed by atoms with Crippen LogP contribution < -0.4 is 5.32 Å². The highest BCUT2D eigenvalue weighted by atomic mass is 16.3. The molecule has 5 nitrogen and oxygen atoms in total. The summed E-state index contributed by atoms with van der Waals surface area (Å²) >= 11 is 0. The summed E-state index contributed by atoms with van der Waals surface area (Å²) in [6.45, 7) is 4.68. The molecule has 16 heavy (non-hydrogen) atoms. The SMILES string of the molecule is Cc1nc2nccc(CNC(C)CO)c2[nH]1. The highest BCUT2D eigenvalue weighted by Gasteiger charge is 2.06. The van der Waals surface area contributed by atoms with Crippen molar-refractivity contribution < 1.29 is 5.11 Å². The van der Waals surface area contributed by atoms with Crippen LogP contribution in [0, 0.1) is 6.92 Å². The maximum atomic E-state index is 8.94. The van der Waals surface area contributed by atoms with Crippen LogP contribution in [0.4, 0.5) is 0 Å². The second kappa shape index (κ2) is 4.59. The molecule has 0 fully saturated rings. The normalized spacial score (nSPS) is 13.2. The van der Waals surface area contributed by atoms with Crippen LogP contribution in [-0.2, 0) is 6.54 Å². The monoisotopic (exact) mass is 220 g/mol. The Morgan fingerprint density at radius 2 is 2.38 bits per heavy atom. The lowest BCUT2D eigenvalue weighted by Crippen LogP contribution is -2.28. The number of hydrogen-bond acceptors (Lipinski definition) is 4. The van der Waals surface area contributed by atoms with E-state index in [-0.39, 0.29) is 12.6 Å². The number of aliphatic hydroxyl groups is 1. The molecule has 0 aliphatic heterocycles. The number of hydrogen-bond donors (Lipinski definition) is 3. The van der Waals surface area contributed by atoms with Crippen LogP contribution in [0.1, 0.15) is 18.3 Å². The molecule has 2 aromatic rings. The molecule has 0 saturated heterocycles. The van der Waals surface area contributed by atoms with Crippen LogP contribution in [0.25, 0.3) is 11.2 Å². The van der Waals surface area contributed by atoms with Crippen molar-refractivity contribution in [2.45, 2.75) is 26.4 Å². The predicted octanol–water partition coefficient (Wildman–Crippen LogP) is 0.737. The zero-order valence-electron chi connectivity index (χ0n) is 9.49. The average Bonchev–Trinajstić information content (AvgIpc) is 2.66. The summed E-state index contributed by atoms with van der Waals surface area (Å²) < 4.78 is 0. The van der Waals surface area contributed by atoms with Gasteiger partial charge in [-0.3, -0.25) is 0 Å². The Hall–Kier alpha value is -1.46. The van der Waals surface area contributed by atoms with E-state index >= 15 is 0 Å². The van der Waals surface area contributed by atoms with Crippen molar-refractivity contribution in [1.29, 1.82) is 0 Å². The van der Waals surface area contributed by atoms with Crippen LogP contribution >= 0.6 is 0 Å². The smallest absolute Gasteiger partial charge is 0.177 e. The lowest BCUT2D eigenvalue weighted by atomic mass is 10.2. The molecule has 0 aliphatic carbocycles. The Kier molecular flexibility index (Phi) is 3.17. The largest absolute Gasteiger partial charge is 0.395 e. The van der Waals surface area contributed by atoms with E-state index in [0.29, 0.717) is 6.54 Å². The fourth-order valence-electron chi connectivity index (χ4n) is 1.57. The lowest BCUT2D eigenvalue weighted by molar-refractivity contribution is 0.251. The minimum atomic E-state index is 0.0900. The summed E-state index contributed by atoms with van der Waals surface area (Å²) in [4.78, 5) is 11.7. The Labute approximate surface area is 93.9 Å². The van der Waals surface area contributed by atoms with Gasteiger partial charge in [0.15, 0.2) is 5.65 Å². The van der Waals surface area contributed by atoms with Crippen molar-refractivity contribution in [2.24, 2.45) is 0 Å². The quantitative estimate of drug-likeness (QED) is 0.710. The molecule has 5 heteroatoms. The van der Waals surface area contributed by atoms with Crippen LogP contribution in [0.15, 0.2) is 12.3 Å². The van der Waals surface area contributed by atoms with Crippen LogP contribution in [0.5, 0.6) is 0 Å². The van der Waals surface area contributed by atoms with Gasteiger partial charge in [0.05, 0.1) is 12.1 Å². The molecule has 0 saturated carbocycles. The highest BCUT2D eigenvalue weighted by Crippen LogP contribution is 2.13. The van der Waals surface area contributed by atoms with Crippen molar-refractivity contribution >= 4 is 11.2 Å². The molecule has 3 N–H and O–H groups in total. The van der Waals surface area contributed by atoms with Crippen molar-refractivity contribution in [3.05, 3.63) is 23.7 Å². The molecular weight excluding hydrogens is 204 g/mol. The van der Waals surface area contributed by atoms with E-state index in [1.54, 1.807) is 6.20 Å². The standard InChI is InChI=1S/C11H16N4O/c1-7(6-16)13-5-9-3-4-12-11-10(9)14-8(2)15-11/h3-4,7,13,16H,5-6H2,1-2H3,(H,12,14,15). The van der Waals surface area contributed by atoms with Gasteiger partial charge in [0, 0.05) is 18.8 Å². The van der Waals surface area contributed by atoms with Crippen LogP contribution in [-0.4, -0.2) is 32.7 Å². The van der Waals surface area contributed by atoms with Gasteiger partial charge in [-0.2, -0.15) is 0 Å². The van der Waals surface area contributed by atoms with Gasteiger partial charge in [-0.1, -0.05) is 0 Å². The first-order chi connectivity index (χ1) is 7.70. The van der Waals surface area contributed by atoms with E-state index in [1.165, 1.54) is 0 Å². The van der Waals surface area contributed by atoms with Crippen molar-refractivity contribution in [2.75, 3.05) is 6.61 Å². The second-order valence-electron chi connectivity index (χ2n) is 3.96. The molecule has 1 unspecified atom stereocenters. The average molecular weight is 220 g/mol. The molecule has 86 valence electrons. The van der Waals surface area contributed by atoms with Gasteiger partial charge >= 0.3 is 0 Å². The van der Waals surface area contributed by atoms with Gasteiger partial charge in [0.2, 0.25) is 0 Å². The summed E-state index contributed by atoms with van der Waals surface area (Å²) in [6.07, 6.45) is 1.75. The molecule has 0 aliphatic rings. The number of pyridine rings is 1. The van der Waals surface area contributed by atoms with E-state index < -0.39 is 0 Å². The summed E-state index contributed by atoms with van der Waals surface area (Å²) in [5.74, 6) is 0.866. The third-order valence-corrected chi connectivity index (χ3v) is 2.51. The number of nitrogens with zero attached hydrogens (tertiary/aromatic N) is 2. The number of aliphatic hydroxyl groups excluding tert-OH is 1. The number of fused-ring (bicyclic) bond motifs is 1. The molecule has 0 bridgehead atoms. The maximum Gasteiger partial charge on any atom is 0.177 e. The van der Waals surface area contributed by atoms with Gasteiger partial charge in [-0.05, 0) is 25.5 Å². The molecule has 2 rings (SSSR count). The summed E-state index contributed by atoms with van der Waals surface area (Å²) in [7, 11) is 0. The van der Waals surface area contributed by atoms with Crippen molar-refractivity contribution in [3.63, 3.8) is 0 Å². The third kappa shape index (κ3) is 2.20. The van der Waals surface area contributed by atoms with E-state index in [0.717, 1.165) is 22.6 Å². The van der Waals surface area contributed by atoms with Crippen LogP contribution in [0.2, 0.25) is 0 Å². The topological polar surface area (TPSA) is 73.8 Å². The van der Waals surface area contributed by atoms with Crippen molar-refractivity contribution in [1.82, 2.24) is 20.3 Å². The highest BCUT2D eigenvalue weighted by molar-refractivity contribution is 5.74.